The van der Waals surface area contributed by atoms with Crippen molar-refractivity contribution in [2.75, 3.05) is 10.6 Å². The molecular weight excluding hydrogens is 323 g/mol. The van der Waals surface area contributed by atoms with Crippen LogP contribution in [0.2, 0.25) is 0 Å². The van der Waals surface area contributed by atoms with E-state index < -0.39 is 5.82 Å². The van der Waals surface area contributed by atoms with E-state index >= 15 is 0 Å². The predicted molar refractivity (Wildman–Crippen MR) is 92.8 cm³/mol. The fraction of sp³-hybridized carbons (Fsp3) is 0. The Morgan fingerprint density at radius 2 is 1.88 bits per heavy atom. The third kappa shape index (κ3) is 3.18. The molecule has 0 saturated carbocycles. The SMILES string of the molecule is Oc1cccc(Nc2nc(Nc3ccc4[nH]ncc4c3)ncc2F)c1. The lowest BCUT2D eigenvalue weighted by Gasteiger charge is -2.10. The number of aromatic hydroxyl groups is 1. The number of H-pyrrole nitrogens is 1. The first-order valence-electron chi connectivity index (χ1n) is 7.46. The van der Waals surface area contributed by atoms with Crippen molar-refractivity contribution >= 4 is 34.0 Å². The summed E-state index contributed by atoms with van der Waals surface area (Å²) in [5, 5.41) is 23.1. The van der Waals surface area contributed by atoms with E-state index in [1.54, 1.807) is 18.3 Å². The third-order valence-electron chi connectivity index (χ3n) is 3.55. The van der Waals surface area contributed by atoms with Gasteiger partial charge in [0, 0.05) is 22.8 Å². The minimum atomic E-state index is -0.598. The second kappa shape index (κ2) is 6.08. The number of hydrogen-bond donors (Lipinski definition) is 4. The van der Waals surface area contributed by atoms with Crippen molar-refractivity contribution in [1.82, 2.24) is 20.2 Å². The quantitative estimate of drug-likeness (QED) is 0.454. The first kappa shape index (κ1) is 14.9. The Balaban J connectivity index is 1.60. The van der Waals surface area contributed by atoms with Crippen LogP contribution >= 0.6 is 0 Å². The molecule has 0 unspecified atom stereocenters. The highest BCUT2D eigenvalue weighted by molar-refractivity contribution is 5.82. The van der Waals surface area contributed by atoms with Crippen molar-refractivity contribution in [3.05, 3.63) is 60.7 Å². The van der Waals surface area contributed by atoms with Gasteiger partial charge in [0.05, 0.1) is 17.9 Å². The molecule has 0 amide bonds. The molecule has 2 aromatic heterocycles. The van der Waals surface area contributed by atoms with Gasteiger partial charge in [-0.1, -0.05) is 6.07 Å². The van der Waals surface area contributed by atoms with Gasteiger partial charge in [-0.25, -0.2) is 9.37 Å². The van der Waals surface area contributed by atoms with Crippen molar-refractivity contribution in [2.24, 2.45) is 0 Å². The molecule has 4 aromatic rings. The number of nitrogens with one attached hydrogen (secondary N) is 3. The first-order chi connectivity index (χ1) is 12.2. The fourth-order valence-corrected chi connectivity index (χ4v) is 2.38. The van der Waals surface area contributed by atoms with Crippen LogP contribution in [0.3, 0.4) is 0 Å². The summed E-state index contributed by atoms with van der Waals surface area (Å²) in [4.78, 5) is 8.10. The van der Waals surface area contributed by atoms with Crippen LogP contribution in [-0.4, -0.2) is 25.3 Å². The molecule has 7 nitrogen and oxygen atoms in total. The monoisotopic (exact) mass is 336 g/mol. The Kier molecular flexibility index (Phi) is 3.62. The number of phenolic OH excluding ortho intramolecular Hbond substituents is 1. The Hall–Kier alpha value is -3.68. The number of fused-ring (bicyclic) bond motifs is 1. The largest absolute Gasteiger partial charge is 0.508 e. The smallest absolute Gasteiger partial charge is 0.229 e. The van der Waals surface area contributed by atoms with Crippen LogP contribution in [0, 0.1) is 5.82 Å². The number of benzene rings is 2. The molecule has 0 bridgehead atoms. The molecule has 2 aromatic carbocycles. The molecule has 8 heteroatoms. The Bertz CT molecular complexity index is 1050. The normalized spacial score (nSPS) is 10.8. The number of aromatic nitrogens is 4. The number of nitrogens with zero attached hydrogens (tertiary/aromatic N) is 3. The van der Waals surface area contributed by atoms with E-state index in [4.69, 9.17) is 0 Å². The van der Waals surface area contributed by atoms with E-state index in [1.807, 2.05) is 18.2 Å². The van der Waals surface area contributed by atoms with Crippen LogP contribution in [0.4, 0.5) is 27.5 Å². The first-order valence-corrected chi connectivity index (χ1v) is 7.46. The molecular formula is C17H13FN6O. The number of aromatic amines is 1. The molecule has 0 aliphatic rings. The maximum Gasteiger partial charge on any atom is 0.229 e. The molecule has 4 N–H and O–H groups in total. The Labute approximate surface area is 141 Å². The predicted octanol–water partition coefficient (Wildman–Crippen LogP) is 3.68. The van der Waals surface area contributed by atoms with Crippen molar-refractivity contribution in [1.29, 1.82) is 0 Å². The molecule has 0 aliphatic carbocycles. The van der Waals surface area contributed by atoms with Gasteiger partial charge >= 0.3 is 0 Å². The van der Waals surface area contributed by atoms with Crippen molar-refractivity contribution < 1.29 is 9.50 Å². The van der Waals surface area contributed by atoms with E-state index in [0.29, 0.717) is 5.69 Å². The van der Waals surface area contributed by atoms with Crippen LogP contribution < -0.4 is 10.6 Å². The summed E-state index contributed by atoms with van der Waals surface area (Å²) in [6.07, 6.45) is 2.79. The van der Waals surface area contributed by atoms with Crippen molar-refractivity contribution in [3.63, 3.8) is 0 Å². The molecule has 2 heterocycles. The summed E-state index contributed by atoms with van der Waals surface area (Å²) in [7, 11) is 0. The number of halogens is 1. The van der Waals surface area contributed by atoms with Gasteiger partial charge in [-0.3, -0.25) is 5.10 Å². The van der Waals surface area contributed by atoms with E-state index in [2.05, 4.69) is 30.8 Å². The van der Waals surface area contributed by atoms with Gasteiger partial charge in [0.25, 0.3) is 0 Å². The maximum atomic E-state index is 14.0. The van der Waals surface area contributed by atoms with Crippen LogP contribution in [0.25, 0.3) is 10.9 Å². The molecule has 0 spiro atoms. The Morgan fingerprint density at radius 1 is 1.00 bits per heavy atom. The van der Waals surface area contributed by atoms with Gasteiger partial charge in [0.1, 0.15) is 5.75 Å². The summed E-state index contributed by atoms with van der Waals surface area (Å²) < 4.78 is 14.0. The van der Waals surface area contributed by atoms with Gasteiger partial charge < -0.3 is 15.7 Å². The molecule has 4 rings (SSSR count). The average Bonchev–Trinajstić information content (AvgIpc) is 3.06. The fourth-order valence-electron chi connectivity index (χ4n) is 2.38. The zero-order chi connectivity index (χ0) is 17.2. The van der Waals surface area contributed by atoms with Gasteiger partial charge in [0.15, 0.2) is 11.6 Å². The highest BCUT2D eigenvalue weighted by Gasteiger charge is 2.08. The standard InChI is InChI=1S/C17H13FN6O/c18-14-9-19-17(22-12-4-5-15-10(6-12)8-20-24-15)23-16(14)21-11-2-1-3-13(25)7-11/h1-9,25H,(H,20,24)(H2,19,21,22,23). The lowest BCUT2D eigenvalue weighted by atomic mass is 10.2. The number of anilines is 4. The second-order valence-electron chi connectivity index (χ2n) is 5.36. The van der Waals surface area contributed by atoms with Crippen molar-refractivity contribution in [3.8, 4) is 5.75 Å². The van der Waals surface area contributed by atoms with Crippen LogP contribution in [-0.2, 0) is 0 Å². The average molecular weight is 336 g/mol. The van der Waals surface area contributed by atoms with Crippen LogP contribution in [0.15, 0.2) is 54.9 Å². The lowest BCUT2D eigenvalue weighted by molar-refractivity contribution is 0.475. The van der Waals surface area contributed by atoms with Crippen molar-refractivity contribution in [2.45, 2.75) is 0 Å². The highest BCUT2D eigenvalue weighted by Crippen LogP contribution is 2.23. The molecule has 0 atom stereocenters. The summed E-state index contributed by atoms with van der Waals surface area (Å²) in [5.41, 5.74) is 2.18. The molecule has 25 heavy (non-hydrogen) atoms. The topological polar surface area (TPSA) is 98.8 Å². The van der Waals surface area contributed by atoms with E-state index in [-0.39, 0.29) is 17.5 Å². The zero-order valence-electron chi connectivity index (χ0n) is 12.9. The Morgan fingerprint density at radius 3 is 2.76 bits per heavy atom. The molecule has 0 radical (unpaired) electrons. The van der Waals surface area contributed by atoms with E-state index in [9.17, 15) is 9.50 Å². The van der Waals surface area contributed by atoms with E-state index in [1.165, 1.54) is 12.1 Å². The minimum Gasteiger partial charge on any atom is -0.508 e. The molecule has 124 valence electrons. The summed E-state index contributed by atoms with van der Waals surface area (Å²) in [6, 6.07) is 11.9. The van der Waals surface area contributed by atoms with Gasteiger partial charge in [0.2, 0.25) is 5.95 Å². The zero-order valence-corrected chi connectivity index (χ0v) is 12.9. The maximum absolute atomic E-state index is 14.0. The molecule has 0 aliphatic heterocycles. The number of rotatable bonds is 4. The van der Waals surface area contributed by atoms with Crippen LogP contribution in [0.5, 0.6) is 5.75 Å². The molecule has 0 saturated heterocycles. The lowest BCUT2D eigenvalue weighted by Crippen LogP contribution is -2.03. The number of phenols is 1. The van der Waals surface area contributed by atoms with Gasteiger partial charge in [-0.2, -0.15) is 10.1 Å². The summed E-state index contributed by atoms with van der Waals surface area (Å²) in [5.74, 6) is -0.273. The summed E-state index contributed by atoms with van der Waals surface area (Å²) >= 11 is 0. The highest BCUT2D eigenvalue weighted by atomic mass is 19.1. The minimum absolute atomic E-state index is 0.00693. The van der Waals surface area contributed by atoms with Gasteiger partial charge in [-0.05, 0) is 30.3 Å². The van der Waals surface area contributed by atoms with Crippen LogP contribution in [0.1, 0.15) is 0 Å². The summed E-state index contributed by atoms with van der Waals surface area (Å²) in [6.45, 7) is 0. The molecule has 0 fully saturated rings. The third-order valence-corrected chi connectivity index (χ3v) is 3.55. The van der Waals surface area contributed by atoms with Gasteiger partial charge in [-0.15, -0.1) is 0 Å². The second-order valence-corrected chi connectivity index (χ2v) is 5.36. The number of hydrogen-bond acceptors (Lipinski definition) is 6. The van der Waals surface area contributed by atoms with E-state index in [0.717, 1.165) is 22.8 Å².